The highest BCUT2D eigenvalue weighted by Gasteiger charge is 2.38. The number of amidine groups is 2. The van der Waals surface area contributed by atoms with Crippen molar-refractivity contribution < 1.29 is 19.0 Å². The number of fused-ring (bicyclic) bond motifs is 1. The minimum atomic E-state index is -0.438. The third-order valence-corrected chi connectivity index (χ3v) is 10.3. The lowest BCUT2D eigenvalue weighted by atomic mass is 9.84. The molecule has 2 aromatic carbocycles. The van der Waals surface area contributed by atoms with Crippen molar-refractivity contribution in [2.24, 2.45) is 16.0 Å². The van der Waals surface area contributed by atoms with Crippen molar-refractivity contribution in [1.82, 2.24) is 5.01 Å². The van der Waals surface area contributed by atoms with E-state index in [1.54, 1.807) is 6.08 Å². The fourth-order valence-corrected chi connectivity index (χ4v) is 7.97. The third-order valence-electron chi connectivity index (χ3n) is 8.62. The first-order valence-electron chi connectivity index (χ1n) is 15.8. The maximum absolute atomic E-state index is 13.0. The molecule has 10 heteroatoms. The number of nitrogens with zero attached hydrogens (tertiary/aromatic N) is 3. The Morgan fingerprint density at radius 2 is 1.64 bits per heavy atom. The van der Waals surface area contributed by atoms with Gasteiger partial charge in [0.1, 0.15) is 24.0 Å². The summed E-state index contributed by atoms with van der Waals surface area (Å²) in [6.07, 6.45) is 14.1. The van der Waals surface area contributed by atoms with Crippen LogP contribution in [0.5, 0.6) is 17.2 Å². The first-order valence-corrected chi connectivity index (χ1v) is 17.4. The second kappa shape index (κ2) is 14.3. The van der Waals surface area contributed by atoms with Gasteiger partial charge in [-0.05, 0) is 108 Å². The molecule has 2 aliphatic heterocycles. The SMILES string of the molecule is CCOc1cc(/C=C2/C(=N)N3N=C(C4CCCCC4)SC3=NC2=O)cc(Br)c1OCCOc1ccc(C2CCCCC2)cc1. The molecule has 0 radical (unpaired) electrons. The highest BCUT2D eigenvalue weighted by atomic mass is 79.9. The van der Waals surface area contributed by atoms with Crippen molar-refractivity contribution in [3.8, 4) is 17.2 Å². The number of hydrogen-bond donors (Lipinski definition) is 1. The van der Waals surface area contributed by atoms with Crippen LogP contribution in [0.1, 0.15) is 88.2 Å². The molecule has 2 fully saturated rings. The van der Waals surface area contributed by atoms with Gasteiger partial charge in [-0.1, -0.05) is 50.7 Å². The second-order valence-electron chi connectivity index (χ2n) is 11.7. The minimum absolute atomic E-state index is 0.0386. The molecule has 44 heavy (non-hydrogen) atoms. The van der Waals surface area contributed by atoms with Gasteiger partial charge in [0, 0.05) is 5.92 Å². The first-order chi connectivity index (χ1) is 21.5. The topological polar surface area (TPSA) is 96.6 Å². The standard InChI is InChI=1S/C34H39BrN4O4S/c1-2-41-29-21-22(19-27-31(36)39-34(37-32(27)40)44-33(38-39)25-11-7-4-8-12-25)20-28(35)30(29)43-18-17-42-26-15-13-24(14-16-26)23-9-5-3-6-10-23/h13-16,19-21,23,25,36H,2-12,17-18H2,1H3/b27-19-,36-31?. The van der Waals surface area contributed by atoms with Gasteiger partial charge in [0.15, 0.2) is 17.3 Å². The summed E-state index contributed by atoms with van der Waals surface area (Å²) < 4.78 is 18.6. The van der Waals surface area contributed by atoms with Crippen LogP contribution in [0.25, 0.3) is 6.08 Å². The number of ether oxygens (including phenoxy) is 3. The molecule has 2 heterocycles. The van der Waals surface area contributed by atoms with Crippen LogP contribution in [0, 0.1) is 11.3 Å². The van der Waals surface area contributed by atoms with E-state index in [2.05, 4.69) is 33.1 Å². The van der Waals surface area contributed by atoms with E-state index in [1.807, 2.05) is 31.2 Å². The van der Waals surface area contributed by atoms with Crippen LogP contribution in [-0.2, 0) is 4.79 Å². The fraction of sp³-hybridized carbons (Fsp3) is 0.471. The van der Waals surface area contributed by atoms with Crippen molar-refractivity contribution in [1.29, 1.82) is 5.41 Å². The van der Waals surface area contributed by atoms with Crippen LogP contribution in [0.15, 0.2) is 56.5 Å². The van der Waals surface area contributed by atoms with E-state index in [9.17, 15) is 4.79 Å². The largest absolute Gasteiger partial charge is 0.490 e. The molecule has 0 saturated heterocycles. The molecule has 0 aromatic heterocycles. The Kier molecular flexibility index (Phi) is 10.1. The van der Waals surface area contributed by atoms with Crippen LogP contribution in [0.2, 0.25) is 0 Å². The Morgan fingerprint density at radius 3 is 2.34 bits per heavy atom. The summed E-state index contributed by atoms with van der Waals surface area (Å²) in [5.74, 6) is 2.59. The molecule has 8 nitrogen and oxygen atoms in total. The zero-order valence-electron chi connectivity index (χ0n) is 25.1. The van der Waals surface area contributed by atoms with Gasteiger partial charge >= 0.3 is 0 Å². The van der Waals surface area contributed by atoms with E-state index in [1.165, 1.54) is 73.7 Å². The normalized spacial score (nSPS) is 20.4. The summed E-state index contributed by atoms with van der Waals surface area (Å²) in [5, 5.41) is 16.4. The Hall–Kier alpha value is -3.11. The number of nitrogens with one attached hydrogen (secondary N) is 1. The van der Waals surface area contributed by atoms with Gasteiger partial charge in [-0.2, -0.15) is 15.1 Å². The average molecular weight is 680 g/mol. The van der Waals surface area contributed by atoms with E-state index in [0.717, 1.165) is 23.6 Å². The van der Waals surface area contributed by atoms with Crippen LogP contribution < -0.4 is 14.2 Å². The van der Waals surface area contributed by atoms with Crippen LogP contribution >= 0.6 is 27.7 Å². The van der Waals surface area contributed by atoms with Gasteiger partial charge in [0.25, 0.3) is 5.91 Å². The summed E-state index contributed by atoms with van der Waals surface area (Å²) in [4.78, 5) is 17.3. The number of carbonyl (C=O) groups is 1. The summed E-state index contributed by atoms with van der Waals surface area (Å²) in [6.45, 7) is 3.07. The summed E-state index contributed by atoms with van der Waals surface area (Å²) in [7, 11) is 0. The number of carbonyl (C=O) groups excluding carboxylic acids is 1. The van der Waals surface area contributed by atoms with Crippen LogP contribution in [0.4, 0.5) is 0 Å². The van der Waals surface area contributed by atoms with Crippen LogP contribution in [0.3, 0.4) is 0 Å². The van der Waals surface area contributed by atoms with E-state index in [4.69, 9.17) is 24.7 Å². The molecule has 1 N–H and O–H groups in total. The molecule has 0 bridgehead atoms. The Morgan fingerprint density at radius 1 is 0.955 bits per heavy atom. The smallest absolute Gasteiger partial charge is 0.283 e. The molecule has 2 aromatic rings. The average Bonchev–Trinajstić information content (AvgIpc) is 3.48. The quantitative estimate of drug-likeness (QED) is 0.200. The number of aliphatic imine (C=N–C) groups is 1. The van der Waals surface area contributed by atoms with E-state index >= 15 is 0 Å². The van der Waals surface area contributed by atoms with Gasteiger partial charge in [-0.3, -0.25) is 10.2 Å². The molecule has 0 spiro atoms. The number of benzene rings is 2. The van der Waals surface area contributed by atoms with Gasteiger partial charge in [0.05, 0.1) is 16.7 Å². The van der Waals surface area contributed by atoms with Gasteiger partial charge < -0.3 is 14.2 Å². The van der Waals surface area contributed by atoms with Gasteiger partial charge in [-0.25, -0.2) is 0 Å². The molecule has 0 atom stereocenters. The predicted molar refractivity (Wildman–Crippen MR) is 180 cm³/mol. The molecule has 232 valence electrons. The lowest BCUT2D eigenvalue weighted by molar-refractivity contribution is -0.114. The van der Waals surface area contributed by atoms with Crippen LogP contribution in [-0.4, -0.2) is 46.8 Å². The predicted octanol–water partition coefficient (Wildman–Crippen LogP) is 8.55. The Bertz CT molecular complexity index is 1480. The van der Waals surface area contributed by atoms with Gasteiger partial charge in [-0.15, -0.1) is 0 Å². The van der Waals surface area contributed by atoms with E-state index < -0.39 is 5.91 Å². The highest BCUT2D eigenvalue weighted by Crippen LogP contribution is 2.39. The lowest BCUT2D eigenvalue weighted by Crippen LogP contribution is -2.35. The number of hydrazone groups is 1. The summed E-state index contributed by atoms with van der Waals surface area (Å²) in [5.41, 5.74) is 2.29. The maximum Gasteiger partial charge on any atom is 0.283 e. The second-order valence-corrected chi connectivity index (χ2v) is 13.5. The maximum atomic E-state index is 13.0. The molecule has 0 unspecified atom stereocenters. The Labute approximate surface area is 272 Å². The van der Waals surface area contributed by atoms with E-state index in [-0.39, 0.29) is 11.4 Å². The van der Waals surface area contributed by atoms with Crippen molar-refractivity contribution in [3.05, 3.63) is 57.6 Å². The monoisotopic (exact) mass is 678 g/mol. The number of hydrogen-bond acceptors (Lipinski definition) is 7. The van der Waals surface area contributed by atoms with E-state index in [0.29, 0.717) is 58.4 Å². The molecule has 2 aliphatic carbocycles. The first kappa shape index (κ1) is 30.9. The molecular weight excluding hydrogens is 640 g/mol. The number of thioether (sulfide) groups is 1. The summed E-state index contributed by atoms with van der Waals surface area (Å²) >= 11 is 5.05. The number of halogens is 1. The highest BCUT2D eigenvalue weighted by molar-refractivity contribution is 9.10. The lowest BCUT2D eigenvalue weighted by Gasteiger charge is -2.22. The fourth-order valence-electron chi connectivity index (χ4n) is 6.34. The zero-order chi connectivity index (χ0) is 30.5. The molecule has 1 amide bonds. The minimum Gasteiger partial charge on any atom is -0.490 e. The van der Waals surface area contributed by atoms with Crippen molar-refractivity contribution >= 4 is 55.7 Å². The molecule has 2 saturated carbocycles. The molecule has 6 rings (SSSR count). The Balaban J connectivity index is 1.10. The number of amides is 1. The van der Waals surface area contributed by atoms with Crippen molar-refractivity contribution in [2.75, 3.05) is 19.8 Å². The summed E-state index contributed by atoms with van der Waals surface area (Å²) in [6, 6.07) is 12.1. The zero-order valence-corrected chi connectivity index (χ0v) is 27.6. The van der Waals surface area contributed by atoms with Gasteiger partial charge in [0.2, 0.25) is 5.17 Å². The molecule has 4 aliphatic rings. The number of rotatable bonds is 10. The molecular formula is C34H39BrN4O4S. The third kappa shape index (κ3) is 7.07. The van der Waals surface area contributed by atoms with Crippen molar-refractivity contribution in [2.45, 2.75) is 77.0 Å². The van der Waals surface area contributed by atoms with Crippen molar-refractivity contribution in [3.63, 3.8) is 0 Å².